The number of fused-ring (bicyclic) bond motifs is 6. The van der Waals surface area contributed by atoms with E-state index in [0.717, 1.165) is 49.5 Å². The molecule has 82 heavy (non-hydrogen) atoms. The molecule has 0 spiro atoms. The standard InChI is InChI=1S/C70H34N12/c1-40-19-50(20-41(2)80-40)64-30-65(81-66-25-46(56-11-3-42(31-71)21-51(56)35-75)7-15-60(66)61-16-8-47(26-67(61)81)57-12-4-43(32-72)22-52(57)36-76)55(39-79)29-70(64)82-68-27-48(58-13-5-44(33-73)23-53(58)37-77)9-17-62(68)63-18-10-49(28-69(63)82)59-14-6-45(34-74)24-54(59)38-78/h3-30H,1-2H3. The van der Waals surface area contributed by atoms with Crippen LogP contribution in [0, 0.1) is 116 Å². The van der Waals surface area contributed by atoms with E-state index >= 15 is 0 Å². The number of rotatable bonds is 7. The fraction of sp³-hybridized carbons (Fsp3) is 0.0286. The molecule has 0 aliphatic heterocycles. The summed E-state index contributed by atoms with van der Waals surface area (Å²) in [5.74, 6) is 0. The lowest BCUT2D eigenvalue weighted by Crippen LogP contribution is -2.05. The van der Waals surface area contributed by atoms with Gasteiger partial charge in [-0.3, -0.25) is 4.98 Å². The number of nitrogens with zero attached hydrogens (tertiary/aromatic N) is 12. The van der Waals surface area contributed by atoms with Crippen LogP contribution in [-0.2, 0) is 0 Å². The third-order valence-electron chi connectivity index (χ3n) is 15.0. The van der Waals surface area contributed by atoms with Crippen molar-refractivity contribution in [3.8, 4) is 122 Å². The molecule has 12 heteroatoms. The van der Waals surface area contributed by atoms with Crippen LogP contribution in [0.4, 0.5) is 0 Å². The Hall–Kier alpha value is -12.9. The summed E-state index contributed by atoms with van der Waals surface area (Å²) in [6.45, 7) is 3.84. The van der Waals surface area contributed by atoms with Crippen LogP contribution in [0.5, 0.6) is 0 Å². The second kappa shape index (κ2) is 19.9. The molecule has 0 saturated carbocycles. The van der Waals surface area contributed by atoms with E-state index < -0.39 is 0 Å². The summed E-state index contributed by atoms with van der Waals surface area (Å²) < 4.78 is 4.12. The largest absolute Gasteiger partial charge is 0.309 e. The highest BCUT2D eigenvalue weighted by Crippen LogP contribution is 2.45. The van der Waals surface area contributed by atoms with Crippen molar-refractivity contribution >= 4 is 43.6 Å². The Morgan fingerprint density at radius 1 is 0.268 bits per heavy atom. The van der Waals surface area contributed by atoms with Gasteiger partial charge in [-0.25, -0.2) is 0 Å². The Balaban J connectivity index is 1.22. The van der Waals surface area contributed by atoms with Crippen LogP contribution < -0.4 is 0 Å². The van der Waals surface area contributed by atoms with Gasteiger partial charge in [-0.1, -0.05) is 72.8 Å². The molecule has 3 aromatic heterocycles. The molecule has 0 atom stereocenters. The van der Waals surface area contributed by atoms with Crippen LogP contribution in [0.15, 0.2) is 170 Å². The Bertz CT molecular complexity index is 4970. The van der Waals surface area contributed by atoms with E-state index in [1.54, 1.807) is 72.8 Å². The van der Waals surface area contributed by atoms with Crippen LogP contribution in [0.3, 0.4) is 0 Å². The normalized spacial score (nSPS) is 10.7. The van der Waals surface area contributed by atoms with Gasteiger partial charge in [-0.2, -0.15) is 47.4 Å². The van der Waals surface area contributed by atoms with Gasteiger partial charge in [0.05, 0.1) is 132 Å². The lowest BCUT2D eigenvalue weighted by atomic mass is 9.96. The molecule has 374 valence electrons. The van der Waals surface area contributed by atoms with Gasteiger partial charge in [0, 0.05) is 38.5 Å². The summed E-state index contributed by atoms with van der Waals surface area (Å²) in [4.78, 5) is 4.78. The van der Waals surface area contributed by atoms with Gasteiger partial charge in [0.15, 0.2) is 0 Å². The highest BCUT2D eigenvalue weighted by molar-refractivity contribution is 6.13. The summed E-state index contributed by atoms with van der Waals surface area (Å²) >= 11 is 0. The number of aryl methyl sites for hydroxylation is 2. The van der Waals surface area contributed by atoms with Gasteiger partial charge < -0.3 is 9.13 Å². The first kappa shape index (κ1) is 50.0. The molecule has 0 N–H and O–H groups in total. The summed E-state index contributed by atoms with van der Waals surface area (Å²) in [7, 11) is 0. The van der Waals surface area contributed by atoms with Crippen molar-refractivity contribution in [3.05, 3.63) is 231 Å². The zero-order valence-electron chi connectivity index (χ0n) is 43.5. The van der Waals surface area contributed by atoms with Crippen molar-refractivity contribution in [1.29, 1.82) is 47.4 Å². The van der Waals surface area contributed by atoms with Gasteiger partial charge in [0.2, 0.25) is 0 Å². The van der Waals surface area contributed by atoms with Crippen LogP contribution in [0.2, 0.25) is 0 Å². The highest BCUT2D eigenvalue weighted by atomic mass is 15.0. The van der Waals surface area contributed by atoms with E-state index in [0.29, 0.717) is 117 Å². The zero-order valence-corrected chi connectivity index (χ0v) is 43.5. The maximum atomic E-state index is 11.7. The second-order valence-corrected chi connectivity index (χ2v) is 19.7. The van der Waals surface area contributed by atoms with Crippen molar-refractivity contribution in [2.24, 2.45) is 0 Å². The summed E-state index contributed by atoms with van der Waals surface area (Å²) in [5.41, 5.74) is 15.0. The minimum absolute atomic E-state index is 0.267. The third kappa shape index (κ3) is 8.21. The SMILES string of the molecule is Cc1cc(-c2cc(-n3c4cc(-c5ccc(C#N)cc5C#N)ccc4c4ccc(-c5ccc(C#N)cc5C#N)cc43)c(C#N)cc2-n2c3cc(-c4ccc(C#N)cc4C#N)ccc3c3ccc(-c4ccc(C#N)cc4C#N)cc32)cc(C)n1. The summed E-state index contributed by atoms with van der Waals surface area (Å²) in [5, 5.41) is 95.8. The fourth-order valence-electron chi connectivity index (χ4n) is 11.3. The molecule has 0 radical (unpaired) electrons. The maximum Gasteiger partial charge on any atom is 0.101 e. The van der Waals surface area contributed by atoms with E-state index in [2.05, 4.69) is 59.2 Å². The molecule has 0 aliphatic rings. The van der Waals surface area contributed by atoms with Gasteiger partial charge in [0.1, 0.15) is 6.07 Å². The van der Waals surface area contributed by atoms with E-state index in [1.165, 1.54) is 0 Å². The van der Waals surface area contributed by atoms with Gasteiger partial charge >= 0.3 is 0 Å². The molecule has 12 aromatic rings. The fourth-order valence-corrected chi connectivity index (χ4v) is 11.3. The highest BCUT2D eigenvalue weighted by Gasteiger charge is 2.25. The van der Waals surface area contributed by atoms with Crippen LogP contribution >= 0.6 is 0 Å². The smallest absolute Gasteiger partial charge is 0.101 e. The average Bonchev–Trinajstić information content (AvgIpc) is 2.51. The number of hydrogen-bond acceptors (Lipinski definition) is 10. The molecule has 0 unspecified atom stereocenters. The molecule has 0 saturated heterocycles. The van der Waals surface area contributed by atoms with E-state index in [-0.39, 0.29) is 5.56 Å². The van der Waals surface area contributed by atoms with E-state index in [4.69, 9.17) is 4.98 Å². The Labute approximate surface area is 469 Å². The molecular formula is C70H34N12. The summed E-state index contributed by atoms with van der Waals surface area (Å²) in [6, 6.07) is 71.7. The lowest BCUT2D eigenvalue weighted by Gasteiger charge is -2.20. The predicted octanol–water partition coefficient (Wildman–Crippen LogP) is 15.1. The van der Waals surface area contributed by atoms with Crippen molar-refractivity contribution in [2.45, 2.75) is 13.8 Å². The van der Waals surface area contributed by atoms with Gasteiger partial charge in [0.25, 0.3) is 0 Å². The molecule has 0 bridgehead atoms. The van der Waals surface area contributed by atoms with Crippen LogP contribution in [-0.4, -0.2) is 14.1 Å². The number of pyridine rings is 1. The first-order chi connectivity index (χ1) is 40.0. The monoisotopic (exact) mass is 1040 g/mol. The number of benzene rings is 9. The topological polar surface area (TPSA) is 237 Å². The minimum atomic E-state index is 0.267. The minimum Gasteiger partial charge on any atom is -0.309 e. The molecule has 0 amide bonds. The van der Waals surface area contributed by atoms with Gasteiger partial charge in [-0.05, 0) is 161 Å². The molecule has 0 aliphatic carbocycles. The first-order valence-electron chi connectivity index (χ1n) is 25.5. The predicted molar refractivity (Wildman–Crippen MR) is 312 cm³/mol. The molecule has 0 fully saturated rings. The average molecular weight is 1040 g/mol. The molecular weight excluding hydrogens is 1010 g/mol. The van der Waals surface area contributed by atoms with Gasteiger partial charge in [-0.15, -0.1) is 0 Å². The van der Waals surface area contributed by atoms with Crippen LogP contribution in [0.1, 0.15) is 61.5 Å². The summed E-state index contributed by atoms with van der Waals surface area (Å²) in [6.07, 6.45) is 0. The van der Waals surface area contributed by atoms with Crippen molar-refractivity contribution in [1.82, 2.24) is 14.1 Å². The first-order valence-corrected chi connectivity index (χ1v) is 25.5. The van der Waals surface area contributed by atoms with Crippen LogP contribution in [0.25, 0.3) is 111 Å². The Morgan fingerprint density at radius 3 is 0.866 bits per heavy atom. The Kier molecular flexibility index (Phi) is 12.1. The number of aromatic nitrogens is 3. The third-order valence-corrected chi connectivity index (χ3v) is 15.0. The quantitative estimate of drug-likeness (QED) is 0.146. The Morgan fingerprint density at radius 2 is 0.573 bits per heavy atom. The molecule has 3 heterocycles. The van der Waals surface area contributed by atoms with Crippen molar-refractivity contribution in [3.63, 3.8) is 0 Å². The lowest BCUT2D eigenvalue weighted by molar-refractivity contribution is 1.11. The van der Waals surface area contributed by atoms with E-state index in [1.807, 2.05) is 115 Å². The molecule has 12 rings (SSSR count). The maximum absolute atomic E-state index is 11.7. The van der Waals surface area contributed by atoms with Crippen molar-refractivity contribution in [2.75, 3.05) is 0 Å². The van der Waals surface area contributed by atoms with Crippen molar-refractivity contribution < 1.29 is 0 Å². The van der Waals surface area contributed by atoms with E-state index in [9.17, 15) is 47.4 Å². The zero-order chi connectivity index (χ0) is 56.9. The molecule has 12 nitrogen and oxygen atoms in total. The number of hydrogen-bond donors (Lipinski definition) is 0. The molecule has 9 aromatic carbocycles. The number of nitriles is 9. The second-order valence-electron chi connectivity index (χ2n) is 19.7.